The first-order chi connectivity index (χ1) is 8.79. The number of ketones is 1. The van der Waals surface area contributed by atoms with Crippen molar-refractivity contribution in [2.24, 2.45) is 11.3 Å². The van der Waals surface area contributed by atoms with Crippen LogP contribution in [0.1, 0.15) is 101 Å². The van der Waals surface area contributed by atoms with Crippen molar-refractivity contribution in [3.05, 3.63) is 0 Å². The first-order valence-corrected chi connectivity index (χ1v) is 8.30. The predicted octanol–water partition coefficient (Wildman–Crippen LogP) is 6.65. The zero-order chi connectivity index (χ0) is 15.9. The van der Waals surface area contributed by atoms with E-state index < -0.39 is 0 Å². The molecule has 1 atom stereocenters. The first kappa shape index (κ1) is 23.7. The summed E-state index contributed by atoms with van der Waals surface area (Å²) in [7, 11) is 0. The Kier molecular flexibility index (Phi) is 19.6. The van der Waals surface area contributed by atoms with E-state index in [0.29, 0.717) is 0 Å². The smallest absolute Gasteiger partial charge is 0.135 e. The molecule has 0 fully saturated rings. The summed E-state index contributed by atoms with van der Waals surface area (Å²) in [4.78, 5) is 10.5. The molecular weight excluding hydrogens is 232 g/mol. The molecule has 0 saturated carbocycles. The highest BCUT2D eigenvalue weighted by atomic mass is 16.1. The number of Topliss-reactive ketones (excluding diaryl/α,β-unsaturated/α-hetero) is 1. The highest BCUT2D eigenvalue weighted by molar-refractivity contribution is 5.80. The Hall–Kier alpha value is -0.330. The van der Waals surface area contributed by atoms with Gasteiger partial charge in [0.15, 0.2) is 0 Å². The Morgan fingerprint density at radius 1 is 0.947 bits per heavy atom. The third-order valence-electron chi connectivity index (χ3n) is 3.30. The molecule has 0 aromatic rings. The average Bonchev–Trinajstić information content (AvgIpc) is 2.36. The van der Waals surface area contributed by atoms with Gasteiger partial charge >= 0.3 is 0 Å². The molecule has 0 spiro atoms. The van der Waals surface area contributed by atoms with Crippen LogP contribution in [0.25, 0.3) is 0 Å². The summed E-state index contributed by atoms with van der Waals surface area (Å²) in [5.74, 6) is 1.26. The molecule has 0 aromatic carbocycles. The van der Waals surface area contributed by atoms with Gasteiger partial charge in [0.05, 0.1) is 0 Å². The molecule has 0 saturated heterocycles. The minimum atomic E-state index is -0.139. The van der Waals surface area contributed by atoms with Crippen molar-refractivity contribution < 1.29 is 4.79 Å². The second-order valence-corrected chi connectivity index (χ2v) is 6.01. The van der Waals surface area contributed by atoms with E-state index in [1.54, 1.807) is 6.92 Å². The molecule has 0 aliphatic rings. The highest BCUT2D eigenvalue weighted by Crippen LogP contribution is 2.17. The first-order valence-electron chi connectivity index (χ1n) is 8.30. The zero-order valence-electron chi connectivity index (χ0n) is 15.2. The molecule has 0 aromatic heterocycles. The summed E-state index contributed by atoms with van der Waals surface area (Å²) in [6.45, 7) is 18.2. The minimum absolute atomic E-state index is 0.139. The van der Waals surface area contributed by atoms with Crippen LogP contribution in [0.15, 0.2) is 0 Å². The maximum atomic E-state index is 10.5. The third-order valence-corrected chi connectivity index (χ3v) is 3.30. The van der Waals surface area contributed by atoms with E-state index in [1.165, 1.54) is 38.5 Å². The van der Waals surface area contributed by atoms with Crippen LogP contribution < -0.4 is 0 Å². The SMILES string of the molecule is CC.CC(=O)C(C)(C)C.CCCCC(CC)CCC. The Labute approximate surface area is 123 Å². The molecule has 0 bridgehead atoms. The van der Waals surface area contributed by atoms with E-state index in [0.717, 1.165) is 5.92 Å². The van der Waals surface area contributed by atoms with Gasteiger partial charge in [-0.1, -0.05) is 93.9 Å². The molecule has 0 amide bonds. The number of rotatable bonds is 6. The number of carbonyl (C=O) groups is 1. The number of carbonyl (C=O) groups excluding carboxylic acids is 1. The average molecular weight is 273 g/mol. The van der Waals surface area contributed by atoms with Crippen LogP contribution in [-0.2, 0) is 4.79 Å². The van der Waals surface area contributed by atoms with Crippen molar-refractivity contribution in [2.45, 2.75) is 101 Å². The van der Waals surface area contributed by atoms with E-state index >= 15 is 0 Å². The molecule has 19 heavy (non-hydrogen) atoms. The van der Waals surface area contributed by atoms with Crippen LogP contribution in [0.5, 0.6) is 0 Å². The van der Waals surface area contributed by atoms with Crippen LogP contribution >= 0.6 is 0 Å². The van der Waals surface area contributed by atoms with E-state index in [9.17, 15) is 4.79 Å². The molecule has 0 aliphatic heterocycles. The van der Waals surface area contributed by atoms with Gasteiger partial charge in [-0.05, 0) is 12.8 Å². The summed E-state index contributed by atoms with van der Waals surface area (Å²) in [5.41, 5.74) is -0.139. The molecule has 1 unspecified atom stereocenters. The van der Waals surface area contributed by atoms with E-state index in [2.05, 4.69) is 20.8 Å². The Morgan fingerprint density at radius 3 is 1.58 bits per heavy atom. The summed E-state index contributed by atoms with van der Waals surface area (Å²) in [6, 6.07) is 0. The standard InChI is InChI=1S/C10H22.C6H12O.C2H6/c1-4-7-9-10(6-3)8-5-2;1-5(7)6(2,3)4;1-2/h10H,4-9H2,1-3H3;1-4H3;1-2H3. The quantitative estimate of drug-likeness (QED) is 0.529. The molecule has 118 valence electrons. The fourth-order valence-electron chi connectivity index (χ4n) is 1.45. The van der Waals surface area contributed by atoms with Crippen molar-refractivity contribution in [2.75, 3.05) is 0 Å². The lowest BCUT2D eigenvalue weighted by Crippen LogP contribution is -2.15. The summed E-state index contributed by atoms with van der Waals surface area (Å²) >= 11 is 0. The fraction of sp³-hybridized carbons (Fsp3) is 0.944. The van der Waals surface area contributed by atoms with Crippen LogP contribution in [0.2, 0.25) is 0 Å². The number of unbranched alkanes of at least 4 members (excludes halogenated alkanes) is 1. The lowest BCUT2D eigenvalue weighted by atomic mass is 9.92. The molecule has 1 nitrogen and oxygen atoms in total. The van der Waals surface area contributed by atoms with E-state index in [4.69, 9.17) is 0 Å². The molecule has 0 N–H and O–H groups in total. The maximum Gasteiger partial charge on any atom is 0.135 e. The number of hydrogen-bond donors (Lipinski definition) is 0. The van der Waals surface area contributed by atoms with E-state index in [1.807, 2.05) is 34.6 Å². The third kappa shape index (κ3) is 20.2. The van der Waals surface area contributed by atoms with Gasteiger partial charge in [-0.2, -0.15) is 0 Å². The Bertz CT molecular complexity index is 177. The molecule has 0 heterocycles. The zero-order valence-corrected chi connectivity index (χ0v) is 15.2. The summed E-state index contributed by atoms with van der Waals surface area (Å²) in [6.07, 6.45) is 8.44. The molecule has 0 rings (SSSR count). The van der Waals surface area contributed by atoms with Gasteiger partial charge in [0, 0.05) is 5.41 Å². The number of hydrogen-bond acceptors (Lipinski definition) is 1. The molecule has 0 aliphatic carbocycles. The summed E-state index contributed by atoms with van der Waals surface area (Å²) in [5, 5.41) is 0. The van der Waals surface area contributed by atoms with Gasteiger partial charge in [-0.3, -0.25) is 4.79 Å². The molecular formula is C18H40O. The topological polar surface area (TPSA) is 17.1 Å². The van der Waals surface area contributed by atoms with Crippen LogP contribution in [-0.4, -0.2) is 5.78 Å². The van der Waals surface area contributed by atoms with Crippen molar-refractivity contribution in [3.63, 3.8) is 0 Å². The predicted molar refractivity (Wildman–Crippen MR) is 89.7 cm³/mol. The normalized spacial score (nSPS) is 11.6. The van der Waals surface area contributed by atoms with Crippen LogP contribution in [0, 0.1) is 11.3 Å². The van der Waals surface area contributed by atoms with Gasteiger partial charge < -0.3 is 0 Å². The van der Waals surface area contributed by atoms with Crippen molar-refractivity contribution in [1.29, 1.82) is 0 Å². The van der Waals surface area contributed by atoms with Crippen LogP contribution in [0.4, 0.5) is 0 Å². The second kappa shape index (κ2) is 15.7. The lowest BCUT2D eigenvalue weighted by Gasteiger charge is -2.11. The molecule has 1 heteroatoms. The second-order valence-electron chi connectivity index (χ2n) is 6.01. The molecule has 0 radical (unpaired) electrons. The minimum Gasteiger partial charge on any atom is -0.299 e. The highest BCUT2D eigenvalue weighted by Gasteiger charge is 2.14. The Balaban J connectivity index is -0.000000249. The largest absolute Gasteiger partial charge is 0.299 e. The van der Waals surface area contributed by atoms with E-state index in [-0.39, 0.29) is 11.2 Å². The van der Waals surface area contributed by atoms with Crippen molar-refractivity contribution in [1.82, 2.24) is 0 Å². The summed E-state index contributed by atoms with van der Waals surface area (Å²) < 4.78 is 0. The lowest BCUT2D eigenvalue weighted by molar-refractivity contribution is -0.124. The van der Waals surface area contributed by atoms with Crippen molar-refractivity contribution >= 4 is 5.78 Å². The monoisotopic (exact) mass is 272 g/mol. The fourth-order valence-corrected chi connectivity index (χ4v) is 1.45. The Morgan fingerprint density at radius 2 is 1.37 bits per heavy atom. The van der Waals surface area contributed by atoms with Gasteiger partial charge in [0.1, 0.15) is 5.78 Å². The van der Waals surface area contributed by atoms with Crippen LogP contribution in [0.3, 0.4) is 0 Å². The van der Waals surface area contributed by atoms with Gasteiger partial charge in [0.25, 0.3) is 0 Å². The van der Waals surface area contributed by atoms with Gasteiger partial charge in [-0.25, -0.2) is 0 Å². The maximum absolute atomic E-state index is 10.5. The van der Waals surface area contributed by atoms with Crippen molar-refractivity contribution in [3.8, 4) is 0 Å². The van der Waals surface area contributed by atoms with Gasteiger partial charge in [-0.15, -0.1) is 0 Å². The van der Waals surface area contributed by atoms with Gasteiger partial charge in [0.2, 0.25) is 0 Å².